The van der Waals surface area contributed by atoms with Gasteiger partial charge in [-0.2, -0.15) is 17.6 Å². The average molecular weight is 431 g/mol. The molecule has 0 spiro atoms. The van der Waals surface area contributed by atoms with Crippen molar-refractivity contribution in [3.63, 3.8) is 0 Å². The molecule has 1 aliphatic rings. The van der Waals surface area contributed by atoms with Gasteiger partial charge >= 0.3 is 6.18 Å². The predicted molar refractivity (Wildman–Crippen MR) is 99.4 cm³/mol. The van der Waals surface area contributed by atoms with Crippen molar-refractivity contribution in [2.75, 3.05) is 0 Å². The van der Waals surface area contributed by atoms with Gasteiger partial charge in [-0.25, -0.2) is 15.0 Å². The monoisotopic (exact) mass is 431 g/mol. The summed E-state index contributed by atoms with van der Waals surface area (Å²) in [6, 6.07) is 6.24. The maximum absolute atomic E-state index is 13.7. The minimum atomic E-state index is -5.02. The summed E-state index contributed by atoms with van der Waals surface area (Å²) in [5.41, 5.74) is -2.09. The minimum Gasteiger partial charge on any atom is -0.298 e. The van der Waals surface area contributed by atoms with Crippen molar-refractivity contribution < 1.29 is 31.9 Å². The first-order valence-corrected chi connectivity index (χ1v) is 9.26. The van der Waals surface area contributed by atoms with Gasteiger partial charge in [0.1, 0.15) is 5.92 Å². The average Bonchev–Trinajstić information content (AvgIpc) is 2.72. The first-order chi connectivity index (χ1) is 14.6. The summed E-state index contributed by atoms with van der Waals surface area (Å²) in [4.78, 5) is 48.1. The second-order valence-corrected chi connectivity index (χ2v) is 7.08. The molecule has 0 radical (unpaired) electrons. The van der Waals surface area contributed by atoms with Gasteiger partial charge in [-0.05, 0) is 36.8 Å². The Bertz CT molecular complexity index is 1210. The van der Waals surface area contributed by atoms with Crippen LogP contribution in [0.3, 0.4) is 0 Å². The van der Waals surface area contributed by atoms with Crippen LogP contribution in [0.15, 0.2) is 36.5 Å². The highest BCUT2D eigenvalue weighted by Gasteiger charge is 2.43. The molecule has 0 saturated heterocycles. The van der Waals surface area contributed by atoms with Gasteiger partial charge in [0.2, 0.25) is 5.95 Å². The van der Waals surface area contributed by atoms with E-state index in [4.69, 9.17) is 0 Å². The molecule has 6 nitrogen and oxygen atoms in total. The van der Waals surface area contributed by atoms with E-state index in [-0.39, 0.29) is 36.0 Å². The molecule has 3 aromatic rings. The summed E-state index contributed by atoms with van der Waals surface area (Å²) >= 11 is 0. The molecule has 1 fully saturated rings. The number of hydrogen-bond acceptors (Lipinski definition) is 6. The highest BCUT2D eigenvalue weighted by atomic mass is 19.4. The number of alkyl halides is 3. The van der Waals surface area contributed by atoms with Crippen molar-refractivity contribution in [3.8, 4) is 11.3 Å². The van der Waals surface area contributed by atoms with Gasteiger partial charge in [-0.15, -0.1) is 0 Å². The fraction of sp³-hybridized carbons (Fsp3) is 0.238. The topological polar surface area (TPSA) is 89.9 Å². The van der Waals surface area contributed by atoms with Crippen molar-refractivity contribution in [2.24, 2.45) is 5.92 Å². The fourth-order valence-corrected chi connectivity index (χ4v) is 3.50. The SMILES string of the molecule is O=C1CCCC(=O)C1C(=O)c1cc2ccc(-c3ccc(F)nc3)nc2nc1C(F)(F)F. The molecule has 0 aliphatic heterocycles. The van der Waals surface area contributed by atoms with Crippen LogP contribution in [0.1, 0.15) is 35.3 Å². The first-order valence-electron chi connectivity index (χ1n) is 9.26. The molecule has 4 rings (SSSR count). The molecule has 31 heavy (non-hydrogen) atoms. The molecule has 1 saturated carbocycles. The van der Waals surface area contributed by atoms with E-state index >= 15 is 0 Å². The summed E-state index contributed by atoms with van der Waals surface area (Å²) in [6.45, 7) is 0. The third kappa shape index (κ3) is 3.92. The summed E-state index contributed by atoms with van der Waals surface area (Å²) in [5, 5.41) is 0.117. The molecular weight excluding hydrogens is 418 g/mol. The van der Waals surface area contributed by atoms with Gasteiger partial charge in [-0.1, -0.05) is 0 Å². The van der Waals surface area contributed by atoms with Crippen LogP contribution in [0.5, 0.6) is 0 Å². The number of fused-ring (bicyclic) bond motifs is 1. The van der Waals surface area contributed by atoms with E-state index in [2.05, 4.69) is 15.0 Å². The Kier molecular flexibility index (Phi) is 5.08. The predicted octanol–water partition coefficient (Wildman–Crippen LogP) is 3.97. The standard InChI is InChI=1S/C21H13F4N3O3/c22-16-7-5-11(9-26-16)13-6-4-10-8-12(19(21(23,24)25)28-20(10)27-13)18(31)17-14(29)2-1-3-15(17)30/h4-9,17H,1-3H2. The van der Waals surface area contributed by atoms with Crippen LogP contribution in [0.25, 0.3) is 22.3 Å². The van der Waals surface area contributed by atoms with Crippen LogP contribution in [-0.4, -0.2) is 32.3 Å². The van der Waals surface area contributed by atoms with Crippen molar-refractivity contribution >= 4 is 28.4 Å². The maximum Gasteiger partial charge on any atom is 0.434 e. The number of nitrogens with zero attached hydrogens (tertiary/aromatic N) is 3. The third-order valence-electron chi connectivity index (χ3n) is 4.99. The third-order valence-corrected chi connectivity index (χ3v) is 4.99. The zero-order valence-electron chi connectivity index (χ0n) is 15.7. The van der Waals surface area contributed by atoms with Gasteiger partial charge in [0.25, 0.3) is 0 Å². The van der Waals surface area contributed by atoms with Crippen LogP contribution in [-0.2, 0) is 15.8 Å². The molecule has 0 unspecified atom stereocenters. The van der Waals surface area contributed by atoms with Gasteiger partial charge in [0.05, 0.1) is 11.3 Å². The van der Waals surface area contributed by atoms with Crippen LogP contribution in [0.4, 0.5) is 17.6 Å². The van der Waals surface area contributed by atoms with Crippen molar-refractivity contribution in [2.45, 2.75) is 25.4 Å². The number of carbonyl (C=O) groups excluding carboxylic acids is 3. The molecule has 1 aliphatic carbocycles. The Labute approximate surface area is 172 Å². The van der Waals surface area contributed by atoms with Gasteiger partial charge < -0.3 is 0 Å². The summed E-state index contributed by atoms with van der Waals surface area (Å²) in [7, 11) is 0. The summed E-state index contributed by atoms with van der Waals surface area (Å²) < 4.78 is 54.1. The Morgan fingerprint density at radius 2 is 1.71 bits per heavy atom. The van der Waals surface area contributed by atoms with Gasteiger partial charge in [-0.3, -0.25) is 14.4 Å². The van der Waals surface area contributed by atoms with E-state index in [9.17, 15) is 31.9 Å². The zero-order chi connectivity index (χ0) is 22.3. The van der Waals surface area contributed by atoms with E-state index in [0.717, 1.165) is 12.1 Å². The van der Waals surface area contributed by atoms with Crippen LogP contribution < -0.4 is 0 Å². The summed E-state index contributed by atoms with van der Waals surface area (Å²) in [6.07, 6.45) is -3.65. The number of rotatable bonds is 3. The number of Topliss-reactive ketones (excluding diaryl/α,β-unsaturated/α-hetero) is 3. The minimum absolute atomic E-state index is 0.0405. The number of carbonyl (C=O) groups is 3. The Morgan fingerprint density at radius 1 is 1.00 bits per heavy atom. The van der Waals surface area contributed by atoms with Crippen molar-refractivity contribution in [3.05, 3.63) is 53.7 Å². The Morgan fingerprint density at radius 3 is 2.32 bits per heavy atom. The lowest BCUT2D eigenvalue weighted by molar-refractivity contribution is -0.142. The van der Waals surface area contributed by atoms with E-state index in [0.29, 0.717) is 5.56 Å². The van der Waals surface area contributed by atoms with Gasteiger partial charge in [0, 0.05) is 30.0 Å². The Hall–Kier alpha value is -3.56. The number of hydrogen-bond donors (Lipinski definition) is 0. The molecular formula is C21H13F4N3O3. The fourth-order valence-electron chi connectivity index (χ4n) is 3.50. The molecule has 0 amide bonds. The molecule has 0 bridgehead atoms. The van der Waals surface area contributed by atoms with Crippen LogP contribution >= 0.6 is 0 Å². The van der Waals surface area contributed by atoms with E-state index < -0.39 is 46.6 Å². The number of aromatic nitrogens is 3. The molecule has 0 aromatic carbocycles. The lowest BCUT2D eigenvalue weighted by Gasteiger charge is -2.20. The van der Waals surface area contributed by atoms with Crippen molar-refractivity contribution in [1.29, 1.82) is 0 Å². The summed E-state index contributed by atoms with van der Waals surface area (Å²) in [5.74, 6) is -5.05. The van der Waals surface area contributed by atoms with Gasteiger partial charge in [0.15, 0.2) is 28.7 Å². The molecule has 3 heterocycles. The molecule has 0 atom stereocenters. The normalized spacial score (nSPS) is 15.5. The van der Waals surface area contributed by atoms with Crippen LogP contribution in [0.2, 0.25) is 0 Å². The first kappa shape index (κ1) is 20.7. The lowest BCUT2D eigenvalue weighted by Crippen LogP contribution is -2.36. The Balaban J connectivity index is 1.85. The lowest BCUT2D eigenvalue weighted by atomic mass is 9.81. The smallest absolute Gasteiger partial charge is 0.298 e. The molecule has 10 heteroatoms. The van der Waals surface area contributed by atoms with Crippen LogP contribution in [0, 0.1) is 11.9 Å². The molecule has 3 aromatic heterocycles. The molecule has 0 N–H and O–H groups in total. The highest BCUT2D eigenvalue weighted by Crippen LogP contribution is 2.35. The van der Waals surface area contributed by atoms with E-state index in [1.807, 2.05) is 0 Å². The quantitative estimate of drug-likeness (QED) is 0.270. The highest BCUT2D eigenvalue weighted by molar-refractivity contribution is 6.25. The van der Waals surface area contributed by atoms with Crippen molar-refractivity contribution in [1.82, 2.24) is 15.0 Å². The largest absolute Gasteiger partial charge is 0.434 e. The maximum atomic E-state index is 13.7. The van der Waals surface area contributed by atoms with E-state index in [1.165, 1.54) is 24.4 Å². The number of halogens is 4. The number of pyridine rings is 3. The second kappa shape index (κ2) is 7.60. The zero-order valence-corrected chi connectivity index (χ0v) is 15.7. The second-order valence-electron chi connectivity index (χ2n) is 7.08. The van der Waals surface area contributed by atoms with E-state index in [1.54, 1.807) is 0 Å². The number of ketones is 3. The molecule has 158 valence electrons.